The van der Waals surface area contributed by atoms with E-state index in [9.17, 15) is 19.6 Å². The van der Waals surface area contributed by atoms with Gasteiger partial charge in [-0.2, -0.15) is 0 Å². The van der Waals surface area contributed by atoms with Crippen molar-refractivity contribution >= 4 is 43.0 Å². The van der Waals surface area contributed by atoms with Gasteiger partial charge in [-0.25, -0.2) is 0 Å². The van der Waals surface area contributed by atoms with Crippen molar-refractivity contribution in [2.45, 2.75) is 36.5 Å². The second kappa shape index (κ2) is 11.1. The molecule has 1 aromatic rings. The molecule has 1 rings (SSSR count). The summed E-state index contributed by atoms with van der Waals surface area (Å²) in [6, 6.07) is 8.52. The minimum Gasteiger partial charge on any atom is -0.426 e. The number of aryl methyl sites for hydroxylation is 1. The Morgan fingerprint density at radius 1 is 1.27 bits per heavy atom. The Balaban J connectivity index is 2.56. The molecule has 0 bridgehead atoms. The molecular formula is C15H20B4N2O5. The van der Waals surface area contributed by atoms with Crippen LogP contribution < -0.4 is 10.6 Å². The van der Waals surface area contributed by atoms with Crippen LogP contribution in [0.15, 0.2) is 30.3 Å². The Morgan fingerprint density at radius 3 is 2.46 bits per heavy atom. The molecule has 0 heterocycles. The molecule has 6 radical (unpaired) electrons. The quantitative estimate of drug-likeness (QED) is 0.251. The molecule has 0 aromatic heterocycles. The number of hydrogen-bond donors (Lipinski definition) is 4. The third kappa shape index (κ3) is 9.12. The molecule has 26 heavy (non-hydrogen) atoms. The zero-order valence-electron chi connectivity index (χ0n) is 14.4. The first-order valence-electron chi connectivity index (χ1n) is 8.13. The van der Waals surface area contributed by atoms with Gasteiger partial charge in [-0.05, 0) is 30.1 Å². The third-order valence-electron chi connectivity index (χ3n) is 3.60. The van der Waals surface area contributed by atoms with Crippen molar-refractivity contribution in [3.05, 3.63) is 35.9 Å². The summed E-state index contributed by atoms with van der Waals surface area (Å²) in [5, 5.41) is 21.7. The Labute approximate surface area is 157 Å². The fraction of sp³-hybridized carbons (Fsp3) is 0.467. The van der Waals surface area contributed by atoms with E-state index in [1.165, 1.54) is 0 Å². The van der Waals surface area contributed by atoms with Gasteiger partial charge in [0.2, 0.25) is 12.3 Å². The summed E-state index contributed by atoms with van der Waals surface area (Å²) in [7, 11) is 14.0. The summed E-state index contributed by atoms with van der Waals surface area (Å²) in [5.41, 5.74) is 1.10. The van der Waals surface area contributed by atoms with Gasteiger partial charge in [-0.3, -0.25) is 9.59 Å². The molecule has 0 aliphatic carbocycles. The Morgan fingerprint density at radius 2 is 1.92 bits per heavy atom. The number of hydrogen-bond acceptors (Lipinski definition) is 5. The smallest absolute Gasteiger partial charge is 0.426 e. The van der Waals surface area contributed by atoms with E-state index in [0.717, 1.165) is 12.0 Å². The van der Waals surface area contributed by atoms with Gasteiger partial charge in [0.15, 0.2) is 0 Å². The highest BCUT2D eigenvalue weighted by atomic mass is 16.5. The van der Waals surface area contributed by atoms with Crippen molar-refractivity contribution in [2.75, 3.05) is 6.61 Å². The maximum atomic E-state index is 12.2. The number of ether oxygens (including phenoxy) is 1. The molecule has 0 aliphatic heterocycles. The number of carbonyl (C=O) groups is 2. The topological polar surface area (TPSA) is 108 Å². The third-order valence-corrected chi connectivity index (χ3v) is 3.60. The van der Waals surface area contributed by atoms with Crippen LogP contribution in [0.25, 0.3) is 0 Å². The normalized spacial score (nSPS) is 13.5. The highest BCUT2D eigenvalue weighted by molar-refractivity contribution is 6.58. The lowest BCUT2D eigenvalue weighted by atomic mass is 9.52. The minimum atomic E-state index is -1.96. The largest absolute Gasteiger partial charge is 0.475 e. The monoisotopic (exact) mass is 352 g/mol. The summed E-state index contributed by atoms with van der Waals surface area (Å²) in [6.07, 6.45) is 1.96. The van der Waals surface area contributed by atoms with Gasteiger partial charge in [-0.1, -0.05) is 30.3 Å². The number of carbonyl (C=O) groups excluding carboxylic acids is 2. The van der Waals surface area contributed by atoms with Crippen molar-refractivity contribution in [1.29, 1.82) is 0 Å². The number of rotatable bonds is 12. The van der Waals surface area contributed by atoms with E-state index in [0.29, 0.717) is 19.3 Å². The van der Waals surface area contributed by atoms with Gasteiger partial charge >= 0.3 is 7.12 Å². The Bertz CT molecular complexity index is 557. The molecule has 0 saturated carbocycles. The van der Waals surface area contributed by atoms with E-state index in [4.69, 9.17) is 28.3 Å². The first-order valence-corrected chi connectivity index (χ1v) is 8.13. The van der Waals surface area contributed by atoms with Crippen LogP contribution in [0.2, 0.25) is 0 Å². The maximum Gasteiger partial charge on any atom is 0.475 e. The van der Waals surface area contributed by atoms with Crippen LogP contribution >= 0.6 is 0 Å². The lowest BCUT2D eigenvalue weighted by Crippen LogP contribution is -2.55. The fourth-order valence-corrected chi connectivity index (χ4v) is 2.26. The molecule has 1 unspecified atom stereocenters. The van der Waals surface area contributed by atoms with E-state index in [-0.39, 0.29) is 6.61 Å². The van der Waals surface area contributed by atoms with Crippen molar-refractivity contribution in [3.63, 3.8) is 0 Å². The van der Waals surface area contributed by atoms with Crippen LogP contribution in [0.4, 0.5) is 0 Å². The van der Waals surface area contributed by atoms with E-state index < -0.39 is 30.3 Å². The average molecular weight is 352 g/mol. The molecule has 2 atom stereocenters. The van der Waals surface area contributed by atoms with E-state index >= 15 is 0 Å². The van der Waals surface area contributed by atoms with Gasteiger partial charge in [-0.15, -0.1) is 0 Å². The van der Waals surface area contributed by atoms with Crippen molar-refractivity contribution in [3.8, 4) is 0 Å². The van der Waals surface area contributed by atoms with Crippen LogP contribution in [0.5, 0.6) is 0 Å². The average Bonchev–Trinajstić information content (AvgIpc) is 2.57. The Hall–Kier alpha value is -1.70. The Kier molecular flexibility index (Phi) is 9.54. The van der Waals surface area contributed by atoms with Crippen LogP contribution in [0, 0.1) is 0 Å². The van der Waals surface area contributed by atoms with E-state index in [2.05, 4.69) is 10.6 Å². The van der Waals surface area contributed by atoms with Crippen molar-refractivity contribution < 1.29 is 24.4 Å². The van der Waals surface area contributed by atoms with Gasteiger partial charge in [0.05, 0.1) is 36.1 Å². The zero-order valence-corrected chi connectivity index (χ0v) is 14.4. The van der Waals surface area contributed by atoms with Crippen LogP contribution in [0.3, 0.4) is 0 Å². The maximum absolute atomic E-state index is 12.2. The molecule has 11 heteroatoms. The highest BCUT2D eigenvalue weighted by Crippen LogP contribution is 2.08. The molecule has 0 saturated heterocycles. The molecule has 4 N–H and O–H groups in total. The summed E-state index contributed by atoms with van der Waals surface area (Å²) >= 11 is 0. The number of benzene rings is 1. The van der Waals surface area contributed by atoms with Crippen LogP contribution in [-0.4, -0.2) is 76.9 Å². The molecule has 2 amide bonds. The second-order valence-corrected chi connectivity index (χ2v) is 5.91. The molecule has 1 aromatic carbocycles. The molecule has 132 valence electrons. The van der Waals surface area contributed by atoms with Gasteiger partial charge in [0.25, 0.3) is 0 Å². The zero-order chi connectivity index (χ0) is 19.6. The van der Waals surface area contributed by atoms with Crippen molar-refractivity contribution in [1.82, 2.24) is 10.6 Å². The predicted molar refractivity (Wildman–Crippen MR) is 100 cm³/mol. The van der Waals surface area contributed by atoms with Crippen LogP contribution in [-0.2, 0) is 20.7 Å². The summed E-state index contributed by atoms with van der Waals surface area (Å²) in [5.74, 6) is -1.60. The van der Waals surface area contributed by atoms with E-state index in [1.807, 2.05) is 30.3 Å². The van der Waals surface area contributed by atoms with Gasteiger partial charge in [0, 0.05) is 0 Å². The fourth-order valence-electron chi connectivity index (χ4n) is 2.26. The standard InChI is InChI=1S/C15H20B4N2O5/c16-15(17,18)26-9-12(20-10-22)14(23)21-13(19(24)25)8-4-7-11-5-2-1-3-6-11/h1-3,5-6,10,12-13,24-25H,4,7-9H2,(H,20,22)(H,21,23)/t12?,13-/m0/s1. The molecule has 0 aliphatic rings. The summed E-state index contributed by atoms with van der Waals surface area (Å²) in [6.45, 7) is -0.383. The second-order valence-electron chi connectivity index (χ2n) is 5.91. The molecular weight excluding hydrogens is 331 g/mol. The molecule has 0 fully saturated rings. The molecule has 0 spiro atoms. The predicted octanol–water partition coefficient (Wildman–Crippen LogP) is -2.25. The minimum absolute atomic E-state index is 0.304. The lowest BCUT2D eigenvalue weighted by molar-refractivity contribution is -0.127. The number of nitrogens with one attached hydrogen (secondary N) is 2. The highest BCUT2D eigenvalue weighted by Gasteiger charge is 2.28. The lowest BCUT2D eigenvalue weighted by Gasteiger charge is -2.26. The van der Waals surface area contributed by atoms with Crippen LogP contribution in [0.1, 0.15) is 18.4 Å². The van der Waals surface area contributed by atoms with Gasteiger partial charge < -0.3 is 25.4 Å². The number of amides is 2. The SMILES string of the molecule is [B]C([B])([B])OCC(NC=O)C(=O)N[C@@H](CCCc1ccccc1)B(O)O. The summed E-state index contributed by atoms with van der Waals surface area (Å²) in [4.78, 5) is 22.9. The van der Waals surface area contributed by atoms with E-state index in [1.54, 1.807) is 0 Å². The first-order chi connectivity index (χ1) is 12.2. The summed E-state index contributed by atoms with van der Waals surface area (Å²) < 4.78 is 4.87. The van der Waals surface area contributed by atoms with Gasteiger partial charge in [0.1, 0.15) is 6.04 Å². The van der Waals surface area contributed by atoms with Crippen molar-refractivity contribution in [2.24, 2.45) is 0 Å². The first kappa shape index (κ1) is 22.3. The molecule has 7 nitrogen and oxygen atoms in total.